The fourth-order valence-corrected chi connectivity index (χ4v) is 5.10. The molecule has 9 nitrogen and oxygen atoms in total. The normalized spacial score (nSPS) is 17.3. The molecule has 0 atom stereocenters. The van der Waals surface area contributed by atoms with Gasteiger partial charge in [0.25, 0.3) is 11.8 Å². The first-order valence-corrected chi connectivity index (χ1v) is 12.5. The zero-order chi connectivity index (χ0) is 26.8. The van der Waals surface area contributed by atoms with Gasteiger partial charge in [0.2, 0.25) is 5.91 Å². The summed E-state index contributed by atoms with van der Waals surface area (Å²) in [5.41, 5.74) is 1.77. The molecule has 2 saturated heterocycles. The van der Waals surface area contributed by atoms with Crippen LogP contribution in [0.4, 0.5) is 5.69 Å². The topological polar surface area (TPSA) is 110 Å². The van der Waals surface area contributed by atoms with E-state index in [0.717, 1.165) is 11.3 Å². The number of aliphatic carboxylic acids is 1. The van der Waals surface area contributed by atoms with Gasteiger partial charge in [0, 0.05) is 24.3 Å². The lowest BCUT2D eigenvalue weighted by molar-refractivity contribution is -0.139. The number of hydrogen-bond acceptors (Lipinski definition) is 5. The molecule has 2 aromatic rings. The van der Waals surface area contributed by atoms with Gasteiger partial charge in [-0.2, -0.15) is 0 Å². The highest BCUT2D eigenvalue weighted by atomic mass is 16.4. The predicted octanol–water partition coefficient (Wildman–Crippen LogP) is 2.47. The number of carboxylic acid groups (broad SMARTS) is 1. The third-order valence-corrected chi connectivity index (χ3v) is 7.23. The summed E-state index contributed by atoms with van der Waals surface area (Å²) in [5.74, 6) is -1.90. The molecule has 4 rings (SSSR count). The number of amides is 3. The summed E-state index contributed by atoms with van der Waals surface area (Å²) in [6, 6.07) is 17.3. The van der Waals surface area contributed by atoms with Gasteiger partial charge in [-0.25, -0.2) is 0 Å². The number of piperidine rings is 1. The quantitative estimate of drug-likeness (QED) is 0.623. The zero-order valence-electron chi connectivity index (χ0n) is 21.6. The van der Waals surface area contributed by atoms with E-state index in [1.54, 1.807) is 4.90 Å². The summed E-state index contributed by atoms with van der Waals surface area (Å²) in [6.07, 6.45) is 0.861. The maximum atomic E-state index is 13.7. The monoisotopic (exact) mass is 506 g/mol. The van der Waals surface area contributed by atoms with Gasteiger partial charge < -0.3 is 25.1 Å². The minimum Gasteiger partial charge on any atom is -0.480 e. The van der Waals surface area contributed by atoms with Crippen LogP contribution in [0.1, 0.15) is 49.5 Å². The molecule has 0 aliphatic carbocycles. The van der Waals surface area contributed by atoms with Crippen molar-refractivity contribution < 1.29 is 24.3 Å². The van der Waals surface area contributed by atoms with Crippen LogP contribution in [0, 0.1) is 0 Å². The van der Waals surface area contributed by atoms with Crippen molar-refractivity contribution in [3.05, 3.63) is 65.7 Å². The van der Waals surface area contributed by atoms with E-state index in [-0.39, 0.29) is 30.4 Å². The second-order valence-electron chi connectivity index (χ2n) is 10.7. The van der Waals surface area contributed by atoms with Crippen molar-refractivity contribution in [2.24, 2.45) is 0 Å². The van der Waals surface area contributed by atoms with Crippen LogP contribution in [-0.4, -0.2) is 77.0 Å². The third kappa shape index (κ3) is 5.45. The molecule has 9 heteroatoms. The smallest absolute Gasteiger partial charge is 0.322 e. The first-order valence-electron chi connectivity index (χ1n) is 12.5. The standard InChI is InChI=1S/C28H34N4O5/c1-27(2,3)21-11-9-20(10-12-21)25(36)30-15-13-28(14-16-30)26(37)31(18-23(33)29-17-24(34)35)19-32(28)22-7-5-4-6-8-22/h4-12H,13-19H2,1-3H3,(H,29,33)(H,34,35). The van der Waals surface area contributed by atoms with E-state index in [4.69, 9.17) is 5.11 Å². The summed E-state index contributed by atoms with van der Waals surface area (Å²) in [7, 11) is 0. The SMILES string of the molecule is CC(C)(C)c1ccc(C(=O)N2CCC3(CC2)C(=O)N(CC(=O)NCC(=O)O)CN3c2ccccc2)cc1. The number of carbonyl (C=O) groups is 4. The molecule has 0 radical (unpaired) electrons. The van der Waals surface area contributed by atoms with Gasteiger partial charge in [-0.15, -0.1) is 0 Å². The molecule has 0 bridgehead atoms. The molecule has 2 fully saturated rings. The Labute approximate surface area is 217 Å². The van der Waals surface area contributed by atoms with Crippen LogP contribution in [0.2, 0.25) is 0 Å². The van der Waals surface area contributed by atoms with Gasteiger partial charge in [0.1, 0.15) is 18.6 Å². The van der Waals surface area contributed by atoms with Crippen LogP contribution in [0.5, 0.6) is 0 Å². The number of likely N-dealkylation sites (tertiary alicyclic amines) is 1. The highest BCUT2D eigenvalue weighted by molar-refractivity contribution is 5.98. The van der Waals surface area contributed by atoms with Crippen molar-refractivity contribution in [3.63, 3.8) is 0 Å². The van der Waals surface area contributed by atoms with Crippen LogP contribution >= 0.6 is 0 Å². The first-order chi connectivity index (χ1) is 17.5. The average molecular weight is 507 g/mol. The van der Waals surface area contributed by atoms with Crippen LogP contribution in [0.3, 0.4) is 0 Å². The van der Waals surface area contributed by atoms with E-state index in [1.807, 2.05) is 59.5 Å². The number of nitrogens with zero attached hydrogens (tertiary/aromatic N) is 3. The number of rotatable bonds is 6. The van der Waals surface area contributed by atoms with E-state index in [1.165, 1.54) is 4.90 Å². The Bertz CT molecular complexity index is 1170. The largest absolute Gasteiger partial charge is 0.480 e. The van der Waals surface area contributed by atoms with E-state index >= 15 is 0 Å². The van der Waals surface area contributed by atoms with Crippen LogP contribution < -0.4 is 10.2 Å². The second kappa shape index (κ2) is 10.2. The lowest BCUT2D eigenvalue weighted by Crippen LogP contribution is -2.57. The Morgan fingerprint density at radius 1 is 0.973 bits per heavy atom. The molecule has 2 aliphatic heterocycles. The lowest BCUT2D eigenvalue weighted by atomic mass is 9.84. The summed E-state index contributed by atoms with van der Waals surface area (Å²) >= 11 is 0. The van der Waals surface area contributed by atoms with Gasteiger partial charge in [-0.05, 0) is 48.1 Å². The van der Waals surface area contributed by atoms with Gasteiger partial charge in [0.05, 0.1) is 6.67 Å². The van der Waals surface area contributed by atoms with E-state index in [0.29, 0.717) is 31.5 Å². The van der Waals surface area contributed by atoms with E-state index < -0.39 is 24.0 Å². The Morgan fingerprint density at radius 3 is 2.16 bits per heavy atom. The number of hydrogen-bond donors (Lipinski definition) is 2. The molecule has 2 aliphatic rings. The van der Waals surface area contributed by atoms with Crippen molar-refractivity contribution in [2.75, 3.05) is 37.7 Å². The third-order valence-electron chi connectivity index (χ3n) is 7.23. The highest BCUT2D eigenvalue weighted by Gasteiger charge is 2.54. The lowest BCUT2D eigenvalue weighted by Gasteiger charge is -2.43. The molecule has 1 spiro atoms. The maximum Gasteiger partial charge on any atom is 0.322 e. The summed E-state index contributed by atoms with van der Waals surface area (Å²) in [5, 5.41) is 11.2. The van der Waals surface area contributed by atoms with Gasteiger partial charge >= 0.3 is 5.97 Å². The number of carbonyl (C=O) groups excluding carboxylic acids is 3. The fourth-order valence-electron chi connectivity index (χ4n) is 5.10. The van der Waals surface area contributed by atoms with Gasteiger partial charge in [-0.1, -0.05) is 51.1 Å². The Balaban J connectivity index is 1.50. The van der Waals surface area contributed by atoms with Crippen molar-refractivity contribution in [3.8, 4) is 0 Å². The summed E-state index contributed by atoms with van der Waals surface area (Å²) in [6.45, 7) is 6.70. The molecule has 0 unspecified atom stereocenters. The first kappa shape index (κ1) is 26.2. The Morgan fingerprint density at radius 2 is 1.59 bits per heavy atom. The highest BCUT2D eigenvalue weighted by Crippen LogP contribution is 2.39. The van der Waals surface area contributed by atoms with Gasteiger partial charge in [-0.3, -0.25) is 19.2 Å². The van der Waals surface area contributed by atoms with E-state index in [9.17, 15) is 19.2 Å². The molecular formula is C28H34N4O5. The molecule has 3 amide bonds. The summed E-state index contributed by atoms with van der Waals surface area (Å²) in [4.78, 5) is 55.3. The molecule has 2 N–H and O–H groups in total. The molecule has 2 heterocycles. The fraction of sp³-hybridized carbons (Fsp3) is 0.429. The van der Waals surface area contributed by atoms with Crippen molar-refractivity contribution in [2.45, 2.75) is 44.6 Å². The Kier molecular flexibility index (Phi) is 7.25. The molecule has 0 saturated carbocycles. The van der Waals surface area contributed by atoms with Crippen molar-refractivity contribution in [1.82, 2.24) is 15.1 Å². The second-order valence-corrected chi connectivity index (χ2v) is 10.7. The van der Waals surface area contributed by atoms with Crippen LogP contribution in [0.15, 0.2) is 54.6 Å². The Hall–Kier alpha value is -3.88. The number of para-hydroxylation sites is 1. The molecule has 196 valence electrons. The van der Waals surface area contributed by atoms with Crippen molar-refractivity contribution in [1.29, 1.82) is 0 Å². The molecule has 37 heavy (non-hydrogen) atoms. The van der Waals surface area contributed by atoms with Crippen molar-refractivity contribution >= 4 is 29.4 Å². The number of anilines is 1. The minimum absolute atomic E-state index is 0.000777. The number of carboxylic acids is 1. The number of benzene rings is 2. The summed E-state index contributed by atoms with van der Waals surface area (Å²) < 4.78 is 0. The molecular weight excluding hydrogens is 472 g/mol. The van der Waals surface area contributed by atoms with E-state index in [2.05, 4.69) is 26.1 Å². The minimum atomic E-state index is -1.14. The maximum absolute atomic E-state index is 13.7. The van der Waals surface area contributed by atoms with Crippen LogP contribution in [-0.2, 0) is 19.8 Å². The predicted molar refractivity (Wildman–Crippen MR) is 139 cm³/mol. The molecule has 0 aromatic heterocycles. The zero-order valence-corrected chi connectivity index (χ0v) is 21.6. The van der Waals surface area contributed by atoms with Gasteiger partial charge in [0.15, 0.2) is 0 Å². The number of nitrogens with one attached hydrogen (secondary N) is 1. The molecule has 2 aromatic carbocycles. The van der Waals surface area contributed by atoms with Crippen LogP contribution in [0.25, 0.3) is 0 Å². The average Bonchev–Trinajstić information content (AvgIpc) is 3.13.